The van der Waals surface area contributed by atoms with Crippen molar-refractivity contribution in [3.63, 3.8) is 0 Å². The molecular formula is C17H25N3O. The van der Waals surface area contributed by atoms with E-state index in [1.54, 1.807) is 24.3 Å². The Hall–Kier alpha value is -1.86. The van der Waals surface area contributed by atoms with Crippen molar-refractivity contribution >= 4 is 5.91 Å². The minimum absolute atomic E-state index is 0.0431. The number of hydrogen-bond donors (Lipinski definition) is 0. The molecule has 4 nitrogen and oxygen atoms in total. The number of hydrogen-bond acceptors (Lipinski definition) is 3. The molecule has 0 radical (unpaired) electrons. The first kappa shape index (κ1) is 17.2. The molecule has 0 fully saturated rings. The van der Waals surface area contributed by atoms with E-state index in [1.807, 2.05) is 11.8 Å². The molecular weight excluding hydrogens is 262 g/mol. The highest BCUT2D eigenvalue weighted by molar-refractivity contribution is 5.94. The Morgan fingerprint density at radius 1 is 1.05 bits per heavy atom. The molecule has 0 saturated carbocycles. The second-order valence-electron chi connectivity index (χ2n) is 4.95. The van der Waals surface area contributed by atoms with E-state index in [0.29, 0.717) is 17.7 Å². The Kier molecular flexibility index (Phi) is 7.49. The van der Waals surface area contributed by atoms with Crippen LogP contribution in [0.1, 0.15) is 43.1 Å². The van der Waals surface area contributed by atoms with Crippen LogP contribution in [-0.2, 0) is 0 Å². The molecule has 1 rings (SSSR count). The zero-order valence-electron chi connectivity index (χ0n) is 13.3. The van der Waals surface area contributed by atoms with Gasteiger partial charge >= 0.3 is 0 Å². The number of nitriles is 1. The summed E-state index contributed by atoms with van der Waals surface area (Å²) in [5.41, 5.74) is 1.23. The molecule has 0 unspecified atom stereocenters. The van der Waals surface area contributed by atoms with Crippen molar-refractivity contribution in [2.75, 3.05) is 32.7 Å². The van der Waals surface area contributed by atoms with Crippen molar-refractivity contribution in [3.05, 3.63) is 35.4 Å². The van der Waals surface area contributed by atoms with Crippen LogP contribution in [0.4, 0.5) is 0 Å². The van der Waals surface area contributed by atoms with Crippen molar-refractivity contribution in [2.24, 2.45) is 0 Å². The summed E-state index contributed by atoms with van der Waals surface area (Å²) in [6, 6.07) is 8.91. The van der Waals surface area contributed by atoms with Gasteiger partial charge in [-0.2, -0.15) is 5.26 Å². The summed E-state index contributed by atoms with van der Waals surface area (Å²) in [5, 5.41) is 8.79. The molecule has 0 aliphatic carbocycles. The second-order valence-corrected chi connectivity index (χ2v) is 4.95. The summed E-state index contributed by atoms with van der Waals surface area (Å²) < 4.78 is 0. The molecule has 0 spiro atoms. The fraction of sp³-hybridized carbons (Fsp3) is 0.529. The van der Waals surface area contributed by atoms with Crippen LogP contribution in [0.25, 0.3) is 0 Å². The number of carbonyl (C=O) groups excluding carboxylic acids is 1. The first-order chi connectivity index (χ1) is 10.2. The number of benzene rings is 1. The van der Waals surface area contributed by atoms with E-state index in [-0.39, 0.29) is 5.91 Å². The lowest BCUT2D eigenvalue weighted by Gasteiger charge is -2.23. The maximum Gasteiger partial charge on any atom is 0.253 e. The molecule has 1 aromatic carbocycles. The minimum atomic E-state index is 0.0431. The van der Waals surface area contributed by atoms with E-state index in [9.17, 15) is 4.79 Å². The summed E-state index contributed by atoms with van der Waals surface area (Å²) in [4.78, 5) is 16.6. The van der Waals surface area contributed by atoms with Crippen molar-refractivity contribution in [2.45, 2.75) is 27.2 Å². The fourth-order valence-corrected chi connectivity index (χ4v) is 2.30. The van der Waals surface area contributed by atoms with Crippen LogP contribution in [0.3, 0.4) is 0 Å². The average Bonchev–Trinajstić information content (AvgIpc) is 2.55. The smallest absolute Gasteiger partial charge is 0.253 e. The first-order valence-corrected chi connectivity index (χ1v) is 7.68. The van der Waals surface area contributed by atoms with Crippen molar-refractivity contribution in [3.8, 4) is 6.07 Å². The molecule has 1 aromatic rings. The van der Waals surface area contributed by atoms with Gasteiger partial charge < -0.3 is 9.80 Å². The van der Waals surface area contributed by atoms with Crippen LogP contribution in [0.5, 0.6) is 0 Å². The molecule has 21 heavy (non-hydrogen) atoms. The van der Waals surface area contributed by atoms with Gasteiger partial charge in [0.15, 0.2) is 0 Å². The van der Waals surface area contributed by atoms with Crippen LogP contribution in [0.2, 0.25) is 0 Å². The normalized spacial score (nSPS) is 10.4. The van der Waals surface area contributed by atoms with Gasteiger partial charge in [0.2, 0.25) is 0 Å². The largest absolute Gasteiger partial charge is 0.339 e. The van der Waals surface area contributed by atoms with Crippen molar-refractivity contribution in [1.82, 2.24) is 9.80 Å². The zero-order chi connectivity index (χ0) is 15.7. The zero-order valence-corrected chi connectivity index (χ0v) is 13.3. The lowest BCUT2D eigenvalue weighted by molar-refractivity contribution is 0.0757. The van der Waals surface area contributed by atoms with Gasteiger partial charge in [-0.3, -0.25) is 4.79 Å². The minimum Gasteiger partial charge on any atom is -0.339 e. The van der Waals surface area contributed by atoms with Crippen LogP contribution < -0.4 is 0 Å². The Balaban J connectivity index is 2.58. The van der Waals surface area contributed by atoms with Crippen LogP contribution in [0.15, 0.2) is 24.3 Å². The number of nitrogens with zero attached hydrogens (tertiary/aromatic N) is 3. The molecule has 0 atom stereocenters. The van der Waals surface area contributed by atoms with E-state index < -0.39 is 0 Å². The molecule has 1 amide bonds. The SMILES string of the molecule is CCN(CC)CCCN(CC)C(=O)c1ccc(C#N)cc1. The lowest BCUT2D eigenvalue weighted by Crippen LogP contribution is -2.34. The summed E-state index contributed by atoms with van der Waals surface area (Å²) in [7, 11) is 0. The summed E-state index contributed by atoms with van der Waals surface area (Å²) in [6.45, 7) is 10.9. The van der Waals surface area contributed by atoms with Gasteiger partial charge in [0.1, 0.15) is 0 Å². The summed E-state index contributed by atoms with van der Waals surface area (Å²) in [6.07, 6.45) is 0.984. The number of amides is 1. The van der Waals surface area contributed by atoms with E-state index in [2.05, 4.69) is 24.8 Å². The van der Waals surface area contributed by atoms with Gasteiger partial charge in [0, 0.05) is 18.7 Å². The maximum atomic E-state index is 12.4. The van der Waals surface area contributed by atoms with E-state index in [4.69, 9.17) is 5.26 Å². The fourth-order valence-electron chi connectivity index (χ4n) is 2.30. The molecule has 0 saturated heterocycles. The Morgan fingerprint density at radius 3 is 2.14 bits per heavy atom. The Labute approximate surface area is 128 Å². The molecule has 114 valence electrons. The third kappa shape index (κ3) is 5.20. The van der Waals surface area contributed by atoms with Crippen molar-refractivity contribution < 1.29 is 4.79 Å². The third-order valence-corrected chi connectivity index (χ3v) is 3.73. The van der Waals surface area contributed by atoms with Gasteiger partial charge in [-0.05, 0) is 57.2 Å². The average molecular weight is 287 g/mol. The molecule has 0 N–H and O–H groups in total. The predicted octanol–water partition coefficient (Wildman–Crippen LogP) is 2.75. The van der Waals surface area contributed by atoms with Crippen molar-refractivity contribution in [1.29, 1.82) is 5.26 Å². The molecule has 0 heterocycles. The van der Waals surface area contributed by atoms with Crippen LogP contribution >= 0.6 is 0 Å². The predicted molar refractivity (Wildman–Crippen MR) is 85.1 cm³/mol. The van der Waals surface area contributed by atoms with E-state index in [1.165, 1.54) is 0 Å². The maximum absolute atomic E-state index is 12.4. The van der Waals surface area contributed by atoms with Crippen LogP contribution in [-0.4, -0.2) is 48.4 Å². The highest BCUT2D eigenvalue weighted by Gasteiger charge is 2.14. The van der Waals surface area contributed by atoms with E-state index in [0.717, 1.165) is 32.6 Å². The van der Waals surface area contributed by atoms with Gasteiger partial charge in [0.05, 0.1) is 11.6 Å². The topological polar surface area (TPSA) is 47.3 Å². The van der Waals surface area contributed by atoms with Crippen LogP contribution in [0, 0.1) is 11.3 Å². The summed E-state index contributed by atoms with van der Waals surface area (Å²) in [5.74, 6) is 0.0431. The first-order valence-electron chi connectivity index (χ1n) is 7.68. The summed E-state index contributed by atoms with van der Waals surface area (Å²) >= 11 is 0. The molecule has 0 bridgehead atoms. The Morgan fingerprint density at radius 2 is 1.67 bits per heavy atom. The van der Waals surface area contributed by atoms with E-state index >= 15 is 0 Å². The molecule has 0 aromatic heterocycles. The Bertz CT molecular complexity index is 472. The molecule has 0 aliphatic heterocycles. The monoisotopic (exact) mass is 287 g/mol. The van der Waals surface area contributed by atoms with Gasteiger partial charge in [0.25, 0.3) is 5.91 Å². The highest BCUT2D eigenvalue weighted by atomic mass is 16.2. The quantitative estimate of drug-likeness (QED) is 0.738. The molecule has 0 aliphatic rings. The highest BCUT2D eigenvalue weighted by Crippen LogP contribution is 2.08. The standard InChI is InChI=1S/C17H25N3O/c1-4-19(5-2)12-7-13-20(6-3)17(21)16-10-8-15(14-18)9-11-16/h8-11H,4-7,12-13H2,1-3H3. The van der Waals surface area contributed by atoms with Gasteiger partial charge in [-0.25, -0.2) is 0 Å². The lowest BCUT2D eigenvalue weighted by atomic mass is 10.1. The van der Waals surface area contributed by atoms with Gasteiger partial charge in [-0.1, -0.05) is 13.8 Å². The number of rotatable bonds is 8. The molecule has 4 heteroatoms. The third-order valence-electron chi connectivity index (χ3n) is 3.73. The van der Waals surface area contributed by atoms with Gasteiger partial charge in [-0.15, -0.1) is 0 Å². The number of carbonyl (C=O) groups is 1. The second kappa shape index (κ2) is 9.15.